The molecule has 2 rings (SSSR count). The third kappa shape index (κ3) is 2.63. The molecule has 2 aromatic rings. The number of hydrogen-bond donors (Lipinski definition) is 2. The fraction of sp³-hybridized carbons (Fsp3) is 0.417. The Bertz CT molecular complexity index is 622. The summed E-state index contributed by atoms with van der Waals surface area (Å²) >= 11 is 5.86. The molecule has 2 aromatic heterocycles. The molecule has 0 bridgehead atoms. The zero-order valence-electron chi connectivity index (χ0n) is 11.0. The van der Waals surface area contributed by atoms with Crippen molar-refractivity contribution in [1.29, 1.82) is 0 Å². The van der Waals surface area contributed by atoms with Crippen molar-refractivity contribution >= 4 is 34.6 Å². The molecule has 19 heavy (non-hydrogen) atoms. The maximum atomic E-state index is 12.0. The molecule has 6 nitrogen and oxygen atoms in total. The van der Waals surface area contributed by atoms with Crippen molar-refractivity contribution in [1.82, 2.24) is 19.9 Å². The van der Waals surface area contributed by atoms with Gasteiger partial charge in [-0.25, -0.2) is 9.97 Å². The van der Waals surface area contributed by atoms with Crippen molar-refractivity contribution in [3.05, 3.63) is 17.3 Å². The number of imidazole rings is 1. The minimum absolute atomic E-state index is 0.0633. The molecule has 0 aliphatic rings. The second kappa shape index (κ2) is 5.05. The summed E-state index contributed by atoms with van der Waals surface area (Å²) in [5.41, 5.74) is 6.99. The fourth-order valence-electron chi connectivity index (χ4n) is 1.88. The van der Waals surface area contributed by atoms with Gasteiger partial charge < -0.3 is 11.1 Å². The van der Waals surface area contributed by atoms with E-state index in [1.807, 2.05) is 13.8 Å². The summed E-state index contributed by atoms with van der Waals surface area (Å²) < 4.78 is 1.60. The first kappa shape index (κ1) is 13.6. The number of nitrogens with one attached hydrogen (secondary N) is 1. The number of nitrogens with two attached hydrogens (primary N) is 1. The normalized spacial score (nSPS) is 12.9. The Kier molecular flexibility index (Phi) is 3.61. The SMILES string of the molecule is CC(C)NC(=O)C(C)n1c(N)nc2cc(Cl)cnc21. The van der Waals surface area contributed by atoms with Crippen LogP contribution in [0.3, 0.4) is 0 Å². The summed E-state index contributed by atoms with van der Waals surface area (Å²) in [5, 5.41) is 3.32. The number of carbonyl (C=O) groups excluding carboxylic acids is 1. The average Bonchev–Trinajstić information content (AvgIpc) is 2.62. The first-order valence-corrected chi connectivity index (χ1v) is 6.37. The van der Waals surface area contributed by atoms with Crippen LogP contribution >= 0.6 is 11.6 Å². The third-order valence-corrected chi connectivity index (χ3v) is 2.93. The molecule has 1 unspecified atom stereocenters. The molecule has 7 heteroatoms. The Balaban J connectivity index is 2.44. The Morgan fingerprint density at radius 2 is 2.16 bits per heavy atom. The molecule has 0 aliphatic carbocycles. The minimum Gasteiger partial charge on any atom is -0.369 e. The van der Waals surface area contributed by atoms with E-state index in [4.69, 9.17) is 17.3 Å². The molecule has 0 saturated carbocycles. The average molecular weight is 282 g/mol. The Hall–Kier alpha value is -1.82. The number of rotatable bonds is 3. The van der Waals surface area contributed by atoms with Crippen molar-refractivity contribution < 1.29 is 4.79 Å². The lowest BCUT2D eigenvalue weighted by Crippen LogP contribution is -2.36. The van der Waals surface area contributed by atoms with E-state index in [9.17, 15) is 4.79 Å². The van der Waals surface area contributed by atoms with Gasteiger partial charge in [0.1, 0.15) is 11.6 Å². The van der Waals surface area contributed by atoms with Crippen LogP contribution in [0.15, 0.2) is 12.3 Å². The van der Waals surface area contributed by atoms with Crippen molar-refractivity contribution in [2.75, 3.05) is 5.73 Å². The number of anilines is 1. The Labute approximate surface area is 116 Å². The molecule has 0 aliphatic heterocycles. The number of nitrogen functional groups attached to an aromatic ring is 1. The molecule has 102 valence electrons. The molecular weight excluding hydrogens is 266 g/mol. The summed E-state index contributed by atoms with van der Waals surface area (Å²) in [6.07, 6.45) is 1.51. The molecule has 0 fully saturated rings. The molecule has 0 radical (unpaired) electrons. The quantitative estimate of drug-likeness (QED) is 0.897. The smallest absolute Gasteiger partial charge is 0.243 e. The predicted octanol–water partition coefficient (Wildman–Crippen LogP) is 1.75. The van der Waals surface area contributed by atoms with E-state index in [1.165, 1.54) is 6.20 Å². The summed E-state index contributed by atoms with van der Waals surface area (Å²) in [5.74, 6) is 0.119. The number of amides is 1. The second-order valence-electron chi connectivity index (χ2n) is 4.68. The molecule has 2 heterocycles. The summed E-state index contributed by atoms with van der Waals surface area (Å²) in [7, 11) is 0. The van der Waals surface area contributed by atoms with Crippen LogP contribution in [-0.2, 0) is 4.79 Å². The number of aromatic nitrogens is 3. The highest BCUT2D eigenvalue weighted by Gasteiger charge is 2.21. The maximum absolute atomic E-state index is 12.0. The van der Waals surface area contributed by atoms with E-state index >= 15 is 0 Å². The van der Waals surface area contributed by atoms with Gasteiger partial charge >= 0.3 is 0 Å². The van der Waals surface area contributed by atoms with E-state index in [1.54, 1.807) is 17.6 Å². The number of halogens is 1. The standard InChI is InChI=1S/C12H16ClN5O/c1-6(2)16-11(19)7(3)18-10-9(17-12(18)14)4-8(13)5-15-10/h4-7H,1-3H3,(H2,14,17)(H,16,19). The van der Waals surface area contributed by atoms with Crippen molar-refractivity contribution in [3.63, 3.8) is 0 Å². The van der Waals surface area contributed by atoms with E-state index < -0.39 is 6.04 Å². The van der Waals surface area contributed by atoms with E-state index in [2.05, 4.69) is 15.3 Å². The lowest BCUT2D eigenvalue weighted by Gasteiger charge is -2.17. The molecule has 1 atom stereocenters. The largest absolute Gasteiger partial charge is 0.369 e. The van der Waals surface area contributed by atoms with Crippen LogP contribution in [0.5, 0.6) is 0 Å². The highest BCUT2D eigenvalue weighted by molar-refractivity contribution is 6.31. The van der Waals surface area contributed by atoms with Gasteiger partial charge in [-0.3, -0.25) is 9.36 Å². The Morgan fingerprint density at radius 3 is 2.79 bits per heavy atom. The summed E-state index contributed by atoms with van der Waals surface area (Å²) in [6.45, 7) is 5.56. The fourth-order valence-corrected chi connectivity index (χ4v) is 2.03. The van der Waals surface area contributed by atoms with Crippen LogP contribution in [0.25, 0.3) is 11.2 Å². The molecule has 0 saturated heterocycles. The van der Waals surface area contributed by atoms with Gasteiger partial charge in [-0.2, -0.15) is 0 Å². The van der Waals surface area contributed by atoms with E-state index in [-0.39, 0.29) is 17.9 Å². The number of pyridine rings is 1. The van der Waals surface area contributed by atoms with Crippen LogP contribution in [0.2, 0.25) is 5.02 Å². The molecule has 3 N–H and O–H groups in total. The summed E-state index contributed by atoms with van der Waals surface area (Å²) in [6, 6.07) is 1.25. The molecule has 0 spiro atoms. The van der Waals surface area contributed by atoms with Gasteiger partial charge in [-0.05, 0) is 26.8 Å². The van der Waals surface area contributed by atoms with Crippen molar-refractivity contribution in [2.45, 2.75) is 32.9 Å². The highest BCUT2D eigenvalue weighted by atomic mass is 35.5. The first-order valence-electron chi connectivity index (χ1n) is 5.99. The van der Waals surface area contributed by atoms with E-state index in [0.29, 0.717) is 16.2 Å². The second-order valence-corrected chi connectivity index (χ2v) is 5.11. The predicted molar refractivity (Wildman–Crippen MR) is 74.9 cm³/mol. The number of carbonyl (C=O) groups is 1. The third-order valence-electron chi connectivity index (χ3n) is 2.72. The topological polar surface area (TPSA) is 85.8 Å². The van der Waals surface area contributed by atoms with Crippen LogP contribution in [0.4, 0.5) is 5.95 Å². The first-order chi connectivity index (χ1) is 8.90. The van der Waals surface area contributed by atoms with Crippen molar-refractivity contribution in [2.24, 2.45) is 0 Å². The van der Waals surface area contributed by atoms with Crippen molar-refractivity contribution in [3.8, 4) is 0 Å². The zero-order valence-corrected chi connectivity index (χ0v) is 11.8. The van der Waals surface area contributed by atoms with Gasteiger partial charge in [-0.1, -0.05) is 11.6 Å². The van der Waals surface area contributed by atoms with Gasteiger partial charge in [0, 0.05) is 12.2 Å². The van der Waals surface area contributed by atoms with Gasteiger partial charge in [0.15, 0.2) is 5.65 Å². The van der Waals surface area contributed by atoms with Crippen LogP contribution < -0.4 is 11.1 Å². The van der Waals surface area contributed by atoms with Gasteiger partial charge in [0.2, 0.25) is 11.9 Å². The minimum atomic E-state index is -0.485. The molecular formula is C12H16ClN5O. The van der Waals surface area contributed by atoms with Gasteiger partial charge in [0.25, 0.3) is 0 Å². The van der Waals surface area contributed by atoms with Crippen LogP contribution in [-0.4, -0.2) is 26.5 Å². The Morgan fingerprint density at radius 1 is 1.47 bits per heavy atom. The van der Waals surface area contributed by atoms with E-state index in [0.717, 1.165) is 0 Å². The number of fused-ring (bicyclic) bond motifs is 1. The maximum Gasteiger partial charge on any atom is 0.243 e. The summed E-state index contributed by atoms with van der Waals surface area (Å²) in [4.78, 5) is 20.4. The monoisotopic (exact) mass is 281 g/mol. The lowest BCUT2D eigenvalue weighted by molar-refractivity contribution is -0.124. The lowest BCUT2D eigenvalue weighted by atomic mass is 10.2. The number of nitrogens with zero attached hydrogens (tertiary/aromatic N) is 3. The molecule has 0 aromatic carbocycles. The zero-order chi connectivity index (χ0) is 14.2. The molecule has 1 amide bonds. The van der Waals surface area contributed by atoms with Crippen LogP contribution in [0.1, 0.15) is 26.8 Å². The highest BCUT2D eigenvalue weighted by Crippen LogP contribution is 2.23. The van der Waals surface area contributed by atoms with Crippen LogP contribution in [0, 0.1) is 0 Å². The van der Waals surface area contributed by atoms with Gasteiger partial charge in [-0.15, -0.1) is 0 Å². The van der Waals surface area contributed by atoms with Gasteiger partial charge in [0.05, 0.1) is 5.02 Å². The number of hydrogen-bond acceptors (Lipinski definition) is 4.